The van der Waals surface area contributed by atoms with Crippen molar-refractivity contribution < 1.29 is 9.53 Å². The van der Waals surface area contributed by atoms with Crippen LogP contribution in [0.25, 0.3) is 27.9 Å². The molecule has 4 aromatic rings. The first-order valence-electron chi connectivity index (χ1n) is 7.47. The first kappa shape index (κ1) is 15.5. The van der Waals surface area contributed by atoms with Crippen molar-refractivity contribution in [3.8, 4) is 17.6 Å². The number of nitrogens with zero attached hydrogens (tertiary/aromatic N) is 7. The molecule has 0 aliphatic carbocycles. The number of aromatic nitrogens is 6. The molecule has 4 rings (SSSR count). The number of carbonyl (C=O) groups is 1. The minimum absolute atomic E-state index is 0.0613. The lowest BCUT2D eigenvalue weighted by Gasteiger charge is -2.08. The number of hydrogen-bond acceptors (Lipinski definition) is 7. The van der Waals surface area contributed by atoms with Crippen molar-refractivity contribution in [2.24, 2.45) is 7.05 Å². The number of ether oxygens (including phenoxy) is 1. The van der Waals surface area contributed by atoms with Gasteiger partial charge in [0.1, 0.15) is 17.7 Å². The molecule has 0 saturated carbocycles. The van der Waals surface area contributed by atoms with Gasteiger partial charge in [0.15, 0.2) is 11.4 Å². The highest BCUT2D eigenvalue weighted by atomic mass is 16.5. The number of methoxy groups -OCH3 is 1. The Morgan fingerprint density at radius 2 is 2.04 bits per heavy atom. The quantitative estimate of drug-likeness (QED) is 0.485. The smallest absolute Gasteiger partial charge is 0.360 e. The van der Waals surface area contributed by atoms with Crippen molar-refractivity contribution in [1.82, 2.24) is 28.9 Å². The first-order valence-corrected chi connectivity index (χ1v) is 7.47. The van der Waals surface area contributed by atoms with E-state index in [1.54, 1.807) is 35.8 Å². The minimum Gasteiger partial charge on any atom is -0.464 e. The van der Waals surface area contributed by atoms with E-state index in [0.29, 0.717) is 16.6 Å². The third-order valence-corrected chi connectivity index (χ3v) is 4.13. The molecule has 0 saturated heterocycles. The van der Waals surface area contributed by atoms with Gasteiger partial charge in [0.25, 0.3) is 5.56 Å². The van der Waals surface area contributed by atoms with Gasteiger partial charge >= 0.3 is 5.97 Å². The molecule has 0 spiro atoms. The second-order valence-corrected chi connectivity index (χ2v) is 5.46. The van der Waals surface area contributed by atoms with E-state index < -0.39 is 5.97 Å². The summed E-state index contributed by atoms with van der Waals surface area (Å²) in [6.07, 6.45) is 3.26. The number of para-hydroxylation sites is 1. The van der Waals surface area contributed by atoms with Crippen LogP contribution in [0.1, 0.15) is 10.5 Å². The van der Waals surface area contributed by atoms with Crippen LogP contribution in [0.4, 0.5) is 0 Å². The molecule has 26 heavy (non-hydrogen) atoms. The minimum atomic E-state index is -0.779. The Bertz CT molecular complexity index is 1290. The normalized spacial score (nSPS) is 11.0. The van der Waals surface area contributed by atoms with Crippen LogP contribution in [0.2, 0.25) is 0 Å². The van der Waals surface area contributed by atoms with Gasteiger partial charge < -0.3 is 4.74 Å². The van der Waals surface area contributed by atoms with Gasteiger partial charge in [0, 0.05) is 7.05 Å². The number of hydrogen-bond donors (Lipinski definition) is 0. The molecule has 0 atom stereocenters. The second-order valence-electron chi connectivity index (χ2n) is 5.46. The molecular formula is C16H11N7O3. The summed E-state index contributed by atoms with van der Waals surface area (Å²) in [5.74, 6) is -0.779. The third-order valence-electron chi connectivity index (χ3n) is 4.13. The van der Waals surface area contributed by atoms with E-state index in [2.05, 4.69) is 15.3 Å². The Labute approximate surface area is 145 Å². The molecule has 0 bridgehead atoms. The monoisotopic (exact) mass is 349 g/mol. The van der Waals surface area contributed by atoms with Gasteiger partial charge in [-0.05, 0) is 12.1 Å². The van der Waals surface area contributed by atoms with Crippen molar-refractivity contribution in [1.29, 1.82) is 5.26 Å². The zero-order chi connectivity index (χ0) is 18.4. The average molecular weight is 349 g/mol. The van der Waals surface area contributed by atoms with E-state index in [4.69, 9.17) is 10.00 Å². The summed E-state index contributed by atoms with van der Waals surface area (Å²) in [5, 5.41) is 17.2. The lowest BCUT2D eigenvalue weighted by molar-refractivity contribution is 0.0591. The molecule has 0 amide bonds. The van der Waals surface area contributed by atoms with Crippen LogP contribution in [-0.2, 0) is 11.8 Å². The Kier molecular flexibility index (Phi) is 3.30. The molecule has 0 aliphatic heterocycles. The number of esters is 1. The molecule has 10 nitrogen and oxygen atoms in total. The molecule has 10 heteroatoms. The molecule has 0 radical (unpaired) electrons. The largest absolute Gasteiger partial charge is 0.464 e. The molecule has 3 aromatic heterocycles. The summed E-state index contributed by atoms with van der Waals surface area (Å²) >= 11 is 0. The van der Waals surface area contributed by atoms with E-state index in [1.165, 1.54) is 18.0 Å². The van der Waals surface area contributed by atoms with E-state index in [0.717, 1.165) is 4.68 Å². The van der Waals surface area contributed by atoms with Gasteiger partial charge in [-0.1, -0.05) is 17.3 Å². The molecular weight excluding hydrogens is 338 g/mol. The summed E-state index contributed by atoms with van der Waals surface area (Å²) in [6.45, 7) is 0. The number of aryl methyl sites for hydroxylation is 1. The highest BCUT2D eigenvalue weighted by molar-refractivity contribution is 5.96. The maximum absolute atomic E-state index is 12.7. The standard InChI is InChI=1S/C16H11N7O3/c1-21-14-12(11-13(16(25)26-2)23(7-17)20-19-11)18-8-22(14)10-6-4-3-5-9(10)15(21)24/h3-6,8H,1-2H3. The van der Waals surface area contributed by atoms with Crippen molar-refractivity contribution >= 4 is 22.5 Å². The Balaban J connectivity index is 2.13. The van der Waals surface area contributed by atoms with Crippen LogP contribution in [-0.4, -0.2) is 42.0 Å². The molecule has 0 fully saturated rings. The van der Waals surface area contributed by atoms with Crippen LogP contribution in [0.3, 0.4) is 0 Å². The topological polar surface area (TPSA) is 120 Å². The Hall–Kier alpha value is -4.00. The van der Waals surface area contributed by atoms with Gasteiger partial charge in [0.05, 0.1) is 18.0 Å². The lowest BCUT2D eigenvalue weighted by Crippen LogP contribution is -2.20. The highest BCUT2D eigenvalue weighted by Crippen LogP contribution is 2.26. The van der Waals surface area contributed by atoms with E-state index in [1.807, 2.05) is 6.07 Å². The fraction of sp³-hybridized carbons (Fsp3) is 0.125. The lowest BCUT2D eigenvalue weighted by atomic mass is 10.2. The fourth-order valence-corrected chi connectivity index (χ4v) is 2.94. The van der Waals surface area contributed by atoms with Crippen LogP contribution >= 0.6 is 0 Å². The van der Waals surface area contributed by atoms with Crippen LogP contribution in [0.15, 0.2) is 35.4 Å². The average Bonchev–Trinajstić information content (AvgIpc) is 3.29. The molecule has 0 N–H and O–H groups in total. The van der Waals surface area contributed by atoms with Crippen molar-refractivity contribution in [3.05, 3.63) is 46.6 Å². The van der Waals surface area contributed by atoms with Crippen LogP contribution < -0.4 is 5.56 Å². The summed E-state index contributed by atoms with van der Waals surface area (Å²) in [4.78, 5) is 29.1. The SMILES string of the molecule is COC(=O)c1c(-c2ncn3c4ccccc4c(=O)n(C)c23)nnn1C#N. The summed E-state index contributed by atoms with van der Waals surface area (Å²) in [6, 6.07) is 7.11. The molecule has 128 valence electrons. The van der Waals surface area contributed by atoms with E-state index in [9.17, 15) is 9.59 Å². The van der Waals surface area contributed by atoms with Gasteiger partial charge in [-0.3, -0.25) is 13.8 Å². The van der Waals surface area contributed by atoms with Crippen molar-refractivity contribution in [2.45, 2.75) is 0 Å². The number of benzene rings is 1. The van der Waals surface area contributed by atoms with Crippen molar-refractivity contribution in [2.75, 3.05) is 7.11 Å². The molecule has 0 aliphatic rings. The van der Waals surface area contributed by atoms with Gasteiger partial charge in [0.2, 0.25) is 6.19 Å². The number of fused-ring (bicyclic) bond motifs is 3. The highest BCUT2D eigenvalue weighted by Gasteiger charge is 2.27. The Morgan fingerprint density at radius 3 is 2.77 bits per heavy atom. The Morgan fingerprint density at radius 1 is 1.27 bits per heavy atom. The number of rotatable bonds is 2. The maximum Gasteiger partial charge on any atom is 0.360 e. The maximum atomic E-state index is 12.7. The first-order chi connectivity index (χ1) is 12.6. The summed E-state index contributed by atoms with van der Waals surface area (Å²) in [7, 11) is 2.79. The fourth-order valence-electron chi connectivity index (χ4n) is 2.94. The predicted octanol–water partition coefficient (Wildman–Crippen LogP) is 0.560. The van der Waals surface area contributed by atoms with Crippen molar-refractivity contribution in [3.63, 3.8) is 0 Å². The number of carbonyl (C=O) groups excluding carboxylic acids is 1. The summed E-state index contributed by atoms with van der Waals surface area (Å²) < 4.78 is 8.61. The van der Waals surface area contributed by atoms with Crippen LogP contribution in [0, 0.1) is 11.5 Å². The predicted molar refractivity (Wildman–Crippen MR) is 89.3 cm³/mol. The molecule has 0 unspecified atom stereocenters. The molecule has 1 aromatic carbocycles. The van der Waals surface area contributed by atoms with E-state index >= 15 is 0 Å². The van der Waals surface area contributed by atoms with E-state index in [-0.39, 0.29) is 22.6 Å². The van der Waals surface area contributed by atoms with Gasteiger partial charge in [-0.15, -0.1) is 9.78 Å². The zero-order valence-corrected chi connectivity index (χ0v) is 13.7. The second kappa shape index (κ2) is 5.52. The molecule has 3 heterocycles. The van der Waals surface area contributed by atoms with Gasteiger partial charge in [-0.2, -0.15) is 5.26 Å². The number of nitriles is 1. The summed E-state index contributed by atoms with van der Waals surface area (Å²) in [5.41, 5.74) is 1.02. The zero-order valence-electron chi connectivity index (χ0n) is 13.7. The third kappa shape index (κ3) is 1.94. The van der Waals surface area contributed by atoms with Gasteiger partial charge in [-0.25, -0.2) is 9.78 Å². The van der Waals surface area contributed by atoms with Crippen LogP contribution in [0.5, 0.6) is 0 Å². The number of imidazole rings is 1.